The first-order chi connectivity index (χ1) is 21.2. The number of hydrogen-bond donors (Lipinski definition) is 4. The standard InChI is InChI=1S/C32H31N5O6S/c1-18(30(40)36-24(29(33)39)16-20-17-34-23-12-8-7-11-22(20)23)37-31(41)27(44-32(37)35-21-9-5-4-6-10-21)15-19-13-25(42-2)28(38)26(14-19)43-3/h4-15,17-18,24,34,38H,16H2,1-3H3,(H2,33,39)(H,36,40)/b27-15-,35-32-/t18-,24+/m1/s1. The number of para-hydroxylation sites is 2. The van der Waals surface area contributed by atoms with Crippen molar-refractivity contribution in [2.75, 3.05) is 14.2 Å². The van der Waals surface area contributed by atoms with E-state index < -0.39 is 29.8 Å². The average molecular weight is 614 g/mol. The Balaban J connectivity index is 1.45. The number of aliphatic imine (C=N–C) groups is 1. The monoisotopic (exact) mass is 613 g/mol. The summed E-state index contributed by atoms with van der Waals surface area (Å²) in [5, 5.41) is 14.2. The second kappa shape index (κ2) is 13.0. The molecule has 0 unspecified atom stereocenters. The van der Waals surface area contributed by atoms with E-state index >= 15 is 0 Å². The largest absolute Gasteiger partial charge is 0.502 e. The van der Waals surface area contributed by atoms with Crippen LogP contribution in [-0.4, -0.2) is 64.2 Å². The summed E-state index contributed by atoms with van der Waals surface area (Å²) in [6.07, 6.45) is 3.55. The maximum absolute atomic E-state index is 13.8. The second-order valence-electron chi connectivity index (χ2n) is 9.99. The Morgan fingerprint density at radius 3 is 2.41 bits per heavy atom. The van der Waals surface area contributed by atoms with Crippen molar-refractivity contribution in [3.05, 3.63) is 89.0 Å². The number of aromatic hydroxyl groups is 1. The molecule has 1 fully saturated rings. The topological polar surface area (TPSA) is 159 Å². The smallest absolute Gasteiger partial charge is 0.267 e. The van der Waals surface area contributed by atoms with Gasteiger partial charge in [0.25, 0.3) is 5.91 Å². The summed E-state index contributed by atoms with van der Waals surface area (Å²) in [5.74, 6) is -1.57. The number of ether oxygens (including phenoxy) is 2. The van der Waals surface area contributed by atoms with Crippen molar-refractivity contribution < 1.29 is 29.0 Å². The van der Waals surface area contributed by atoms with E-state index in [1.165, 1.54) is 19.1 Å². The van der Waals surface area contributed by atoms with Crippen LogP contribution in [0.15, 0.2) is 82.8 Å². The highest BCUT2D eigenvalue weighted by atomic mass is 32.2. The first-order valence-electron chi connectivity index (χ1n) is 13.7. The number of amides is 3. The summed E-state index contributed by atoms with van der Waals surface area (Å²) in [6.45, 7) is 1.56. The van der Waals surface area contributed by atoms with E-state index in [0.717, 1.165) is 28.2 Å². The fraction of sp³-hybridized carbons (Fsp3) is 0.188. The maximum atomic E-state index is 13.8. The lowest BCUT2D eigenvalue weighted by atomic mass is 10.0. The molecule has 44 heavy (non-hydrogen) atoms. The molecule has 2 heterocycles. The number of aromatic nitrogens is 1. The van der Waals surface area contributed by atoms with Crippen LogP contribution in [0.4, 0.5) is 5.69 Å². The number of rotatable bonds is 10. The zero-order valence-corrected chi connectivity index (χ0v) is 25.1. The highest BCUT2D eigenvalue weighted by Gasteiger charge is 2.40. The lowest BCUT2D eigenvalue weighted by Gasteiger charge is -2.25. The molecule has 0 bridgehead atoms. The number of carbonyl (C=O) groups is 3. The Morgan fingerprint density at radius 2 is 1.75 bits per heavy atom. The van der Waals surface area contributed by atoms with Gasteiger partial charge in [-0.2, -0.15) is 0 Å². The molecule has 5 N–H and O–H groups in total. The third-order valence-electron chi connectivity index (χ3n) is 7.14. The number of nitrogens with zero attached hydrogens (tertiary/aromatic N) is 2. The van der Waals surface area contributed by atoms with Crippen molar-refractivity contribution >= 4 is 57.3 Å². The average Bonchev–Trinajstić information content (AvgIpc) is 3.57. The van der Waals surface area contributed by atoms with Crippen LogP contribution in [0.3, 0.4) is 0 Å². The van der Waals surface area contributed by atoms with Gasteiger partial charge < -0.3 is 30.6 Å². The third-order valence-corrected chi connectivity index (χ3v) is 8.13. The highest BCUT2D eigenvalue weighted by Crippen LogP contribution is 2.40. The number of thioether (sulfide) groups is 1. The van der Waals surface area contributed by atoms with Gasteiger partial charge in [-0.1, -0.05) is 36.4 Å². The number of methoxy groups -OCH3 is 2. The van der Waals surface area contributed by atoms with Gasteiger partial charge in [-0.15, -0.1) is 0 Å². The number of hydrogen-bond acceptors (Lipinski definition) is 8. The fourth-order valence-electron chi connectivity index (χ4n) is 4.82. The molecule has 4 aromatic rings. The van der Waals surface area contributed by atoms with Gasteiger partial charge in [-0.3, -0.25) is 19.3 Å². The normalized spacial score (nSPS) is 16.3. The van der Waals surface area contributed by atoms with Crippen LogP contribution in [0, 0.1) is 0 Å². The second-order valence-corrected chi connectivity index (χ2v) is 11.0. The Kier molecular flexibility index (Phi) is 8.91. The number of phenolic OH excluding ortho intramolecular Hbond substituents is 1. The summed E-state index contributed by atoms with van der Waals surface area (Å²) in [7, 11) is 2.82. The van der Waals surface area contributed by atoms with E-state index in [1.54, 1.807) is 43.5 Å². The minimum absolute atomic E-state index is 0.168. The molecule has 5 rings (SSSR count). The summed E-state index contributed by atoms with van der Waals surface area (Å²) in [5.41, 5.74) is 8.53. The van der Waals surface area contributed by atoms with Gasteiger partial charge >= 0.3 is 0 Å². The lowest BCUT2D eigenvalue weighted by Crippen LogP contribution is -2.53. The molecule has 2 atom stereocenters. The Hall–Kier alpha value is -5.23. The van der Waals surface area contributed by atoms with Crippen LogP contribution < -0.4 is 20.5 Å². The number of nitrogens with one attached hydrogen (secondary N) is 2. The van der Waals surface area contributed by atoms with Gasteiger partial charge in [-0.05, 0) is 66.2 Å². The predicted molar refractivity (Wildman–Crippen MR) is 170 cm³/mol. The molecule has 11 nitrogen and oxygen atoms in total. The van der Waals surface area contributed by atoms with Crippen molar-refractivity contribution in [1.29, 1.82) is 0 Å². The fourth-order valence-corrected chi connectivity index (χ4v) is 5.89. The Morgan fingerprint density at radius 1 is 1.09 bits per heavy atom. The molecule has 0 spiro atoms. The molecule has 0 radical (unpaired) electrons. The van der Waals surface area contributed by atoms with Crippen LogP contribution in [0.5, 0.6) is 17.2 Å². The number of H-pyrrole nitrogens is 1. The number of amidine groups is 1. The van der Waals surface area contributed by atoms with E-state index in [2.05, 4.69) is 15.3 Å². The SMILES string of the molecule is COc1cc(/C=C2\S/C(=N\c3ccccc3)N([C@H](C)C(=O)N[C@@H](Cc3c[nH]c4ccccc34)C(N)=O)C2=O)cc(OC)c1O. The zero-order chi connectivity index (χ0) is 31.4. The number of aromatic amines is 1. The van der Waals surface area contributed by atoms with Crippen LogP contribution in [0.1, 0.15) is 18.1 Å². The van der Waals surface area contributed by atoms with E-state index in [9.17, 15) is 19.5 Å². The van der Waals surface area contributed by atoms with Crippen LogP contribution in [0.25, 0.3) is 17.0 Å². The maximum Gasteiger partial charge on any atom is 0.267 e. The van der Waals surface area contributed by atoms with Crippen molar-refractivity contribution in [3.63, 3.8) is 0 Å². The van der Waals surface area contributed by atoms with Crippen LogP contribution in [0.2, 0.25) is 0 Å². The molecule has 1 aromatic heterocycles. The van der Waals surface area contributed by atoms with Crippen molar-refractivity contribution in [3.8, 4) is 17.2 Å². The summed E-state index contributed by atoms with van der Waals surface area (Å²) < 4.78 is 10.5. The number of carbonyl (C=O) groups excluding carboxylic acids is 3. The first kappa shape index (κ1) is 30.2. The van der Waals surface area contributed by atoms with Crippen molar-refractivity contribution in [1.82, 2.24) is 15.2 Å². The number of benzene rings is 3. The number of phenols is 1. The number of fused-ring (bicyclic) bond motifs is 1. The van der Waals surface area contributed by atoms with Crippen LogP contribution >= 0.6 is 11.8 Å². The molecule has 1 aliphatic heterocycles. The predicted octanol–water partition coefficient (Wildman–Crippen LogP) is 4.10. The number of primary amides is 1. The molecule has 1 aliphatic rings. The van der Waals surface area contributed by atoms with Gasteiger partial charge in [0.1, 0.15) is 12.1 Å². The Bertz CT molecular complexity index is 1760. The minimum Gasteiger partial charge on any atom is -0.502 e. The van der Waals surface area contributed by atoms with Gasteiger partial charge in [0.05, 0.1) is 24.8 Å². The van der Waals surface area contributed by atoms with Crippen LogP contribution in [-0.2, 0) is 20.8 Å². The van der Waals surface area contributed by atoms with Gasteiger partial charge in [0, 0.05) is 23.5 Å². The summed E-state index contributed by atoms with van der Waals surface area (Å²) in [6, 6.07) is 17.7. The first-order valence-corrected chi connectivity index (χ1v) is 14.5. The van der Waals surface area contributed by atoms with Gasteiger partial charge in [0.15, 0.2) is 16.7 Å². The van der Waals surface area contributed by atoms with Crippen molar-refractivity contribution in [2.24, 2.45) is 10.7 Å². The van der Waals surface area contributed by atoms with E-state index in [-0.39, 0.29) is 33.7 Å². The molecule has 3 amide bonds. The van der Waals surface area contributed by atoms with E-state index in [4.69, 9.17) is 15.2 Å². The lowest BCUT2D eigenvalue weighted by molar-refractivity contribution is -0.134. The van der Waals surface area contributed by atoms with Gasteiger partial charge in [-0.25, -0.2) is 4.99 Å². The molecule has 0 aliphatic carbocycles. The van der Waals surface area contributed by atoms with E-state index in [1.807, 2.05) is 42.5 Å². The molecule has 0 saturated carbocycles. The van der Waals surface area contributed by atoms with E-state index in [0.29, 0.717) is 11.3 Å². The number of nitrogens with two attached hydrogens (primary N) is 1. The molecular weight excluding hydrogens is 582 g/mol. The van der Waals surface area contributed by atoms with Crippen molar-refractivity contribution in [2.45, 2.75) is 25.4 Å². The zero-order valence-electron chi connectivity index (χ0n) is 24.2. The van der Waals surface area contributed by atoms with Gasteiger partial charge in [0.2, 0.25) is 17.6 Å². The molecule has 3 aromatic carbocycles. The molecular formula is C32H31N5O6S. The quantitative estimate of drug-likeness (QED) is 0.196. The Labute approximate surface area is 257 Å². The summed E-state index contributed by atoms with van der Waals surface area (Å²) in [4.78, 5) is 49.2. The summed E-state index contributed by atoms with van der Waals surface area (Å²) >= 11 is 1.09. The molecule has 12 heteroatoms. The molecule has 1 saturated heterocycles. The minimum atomic E-state index is -1.04. The molecule has 226 valence electrons. The highest BCUT2D eigenvalue weighted by molar-refractivity contribution is 8.18. The third kappa shape index (κ3) is 6.25.